The molecule has 3 heterocycles. The summed E-state index contributed by atoms with van der Waals surface area (Å²) < 4.78 is 15.3. The van der Waals surface area contributed by atoms with Gasteiger partial charge in [-0.25, -0.2) is 4.39 Å². The number of nitrogens with zero attached hydrogens (tertiary/aromatic N) is 3. The molecule has 0 saturated carbocycles. The first-order valence-electron chi connectivity index (χ1n) is 8.38. The maximum absolute atomic E-state index is 14.6. The Morgan fingerprint density at radius 2 is 2.15 bits per heavy atom. The van der Waals surface area contributed by atoms with Crippen LogP contribution in [0.2, 0.25) is 0 Å². The number of hydrogen-bond donors (Lipinski definition) is 2. The number of aromatic nitrogens is 3. The molecule has 27 heavy (non-hydrogen) atoms. The lowest BCUT2D eigenvalue weighted by atomic mass is 10.0. The second-order valence-electron chi connectivity index (χ2n) is 6.43. The number of para-hydroxylation sites is 1. The molecular formula is C19H16BrFN4O2. The molecule has 2 aromatic heterocycles. The molecule has 138 valence electrons. The van der Waals surface area contributed by atoms with Gasteiger partial charge in [-0.05, 0) is 40.2 Å². The van der Waals surface area contributed by atoms with Crippen LogP contribution in [0.5, 0.6) is 5.75 Å². The number of likely N-dealkylation sites (tertiary alicyclic amines) is 1. The number of amides is 1. The van der Waals surface area contributed by atoms with E-state index in [0.717, 1.165) is 5.39 Å². The summed E-state index contributed by atoms with van der Waals surface area (Å²) in [7, 11) is 0. The van der Waals surface area contributed by atoms with Crippen molar-refractivity contribution in [3.63, 3.8) is 0 Å². The van der Waals surface area contributed by atoms with Crippen LogP contribution in [0, 0.1) is 0 Å². The summed E-state index contributed by atoms with van der Waals surface area (Å²) in [6, 6.07) is 8.65. The van der Waals surface area contributed by atoms with Gasteiger partial charge in [-0.2, -0.15) is 0 Å². The van der Waals surface area contributed by atoms with Crippen LogP contribution in [-0.2, 0) is 4.79 Å². The zero-order chi connectivity index (χ0) is 19.1. The van der Waals surface area contributed by atoms with Crippen molar-refractivity contribution in [3.05, 3.63) is 53.2 Å². The Morgan fingerprint density at radius 3 is 2.89 bits per heavy atom. The number of phenolic OH excluding ortho intramolecular Hbond substituents is 1. The lowest BCUT2D eigenvalue weighted by molar-refractivity contribution is -0.125. The number of aromatic hydroxyl groups is 1. The molecule has 1 amide bonds. The fourth-order valence-corrected chi connectivity index (χ4v) is 4.10. The number of halogens is 2. The van der Waals surface area contributed by atoms with Gasteiger partial charge in [0.15, 0.2) is 5.65 Å². The van der Waals surface area contributed by atoms with Gasteiger partial charge in [-0.3, -0.25) is 4.79 Å². The number of benzene rings is 1. The van der Waals surface area contributed by atoms with Gasteiger partial charge in [0, 0.05) is 27.7 Å². The highest BCUT2D eigenvalue weighted by Gasteiger charge is 2.38. The smallest absolute Gasteiger partial charge is 0.246 e. The molecule has 2 atom stereocenters. The van der Waals surface area contributed by atoms with Crippen molar-refractivity contribution in [1.82, 2.24) is 20.1 Å². The molecule has 2 N–H and O–H groups in total. The van der Waals surface area contributed by atoms with Gasteiger partial charge in [-0.15, -0.1) is 10.2 Å². The molecule has 0 radical (unpaired) electrons. The van der Waals surface area contributed by atoms with Crippen LogP contribution < -0.4 is 0 Å². The van der Waals surface area contributed by atoms with Crippen LogP contribution >= 0.6 is 15.9 Å². The van der Waals surface area contributed by atoms with E-state index in [4.69, 9.17) is 0 Å². The number of H-pyrrole nitrogens is 1. The Balaban J connectivity index is 1.74. The van der Waals surface area contributed by atoms with Gasteiger partial charge in [0.25, 0.3) is 0 Å². The van der Waals surface area contributed by atoms with E-state index in [1.54, 1.807) is 30.3 Å². The third kappa shape index (κ3) is 2.99. The Kier molecular flexibility index (Phi) is 4.43. The number of carbonyl (C=O) groups is 1. The molecular weight excluding hydrogens is 415 g/mol. The third-order valence-corrected chi connectivity index (χ3v) is 5.66. The lowest BCUT2D eigenvalue weighted by Gasteiger charge is -2.13. The van der Waals surface area contributed by atoms with E-state index < -0.39 is 12.1 Å². The van der Waals surface area contributed by atoms with Crippen LogP contribution in [0.3, 0.4) is 0 Å². The van der Waals surface area contributed by atoms with Crippen molar-refractivity contribution in [2.24, 2.45) is 0 Å². The fraction of sp³-hybridized carbons (Fsp3) is 0.211. The average molecular weight is 431 g/mol. The number of fused-ring (bicyclic) bond motifs is 1. The molecule has 1 aliphatic rings. The van der Waals surface area contributed by atoms with E-state index in [9.17, 15) is 14.3 Å². The molecule has 0 bridgehead atoms. The first-order valence-corrected chi connectivity index (χ1v) is 9.17. The number of phenols is 1. The molecule has 0 aliphatic carbocycles. The van der Waals surface area contributed by atoms with Crippen LogP contribution in [0.25, 0.3) is 22.3 Å². The first-order chi connectivity index (χ1) is 13.0. The quantitative estimate of drug-likeness (QED) is 0.622. The predicted molar refractivity (Wildman–Crippen MR) is 103 cm³/mol. The van der Waals surface area contributed by atoms with Crippen molar-refractivity contribution >= 4 is 32.9 Å². The van der Waals surface area contributed by atoms with E-state index in [1.165, 1.54) is 11.0 Å². The normalized spacial score (nSPS) is 19.6. The minimum absolute atomic E-state index is 0.0339. The summed E-state index contributed by atoms with van der Waals surface area (Å²) in [5.41, 5.74) is 2.23. The van der Waals surface area contributed by atoms with Crippen LogP contribution in [-0.4, -0.2) is 50.4 Å². The second-order valence-corrected chi connectivity index (χ2v) is 7.22. The average Bonchev–Trinajstić information content (AvgIpc) is 3.21. The summed E-state index contributed by atoms with van der Waals surface area (Å²) in [4.78, 5) is 16.4. The summed E-state index contributed by atoms with van der Waals surface area (Å²) in [6.07, 6.45) is 0.00302. The van der Waals surface area contributed by atoms with Gasteiger partial charge < -0.3 is 15.0 Å². The van der Waals surface area contributed by atoms with Gasteiger partial charge in [0.1, 0.15) is 11.9 Å². The summed E-state index contributed by atoms with van der Waals surface area (Å²) in [5, 5.41) is 19.1. The third-order valence-electron chi connectivity index (χ3n) is 4.81. The Morgan fingerprint density at radius 1 is 1.37 bits per heavy atom. The highest BCUT2D eigenvalue weighted by atomic mass is 79.9. The standard InChI is InChI=1S/C19H16BrFN4O2/c1-2-16(27)25-8-12(13(21)9-25)18-17(20)11-7-14(23-24-19(11)22-18)10-5-3-4-6-15(10)26/h2-7,12-13,26H,1,8-9H2,(H,22,24)/t12-,13+/m1/s1. The van der Waals surface area contributed by atoms with Crippen molar-refractivity contribution < 1.29 is 14.3 Å². The number of aromatic amines is 1. The van der Waals surface area contributed by atoms with Gasteiger partial charge >= 0.3 is 0 Å². The minimum atomic E-state index is -1.19. The zero-order valence-corrected chi connectivity index (χ0v) is 15.8. The van der Waals surface area contributed by atoms with E-state index in [1.807, 2.05) is 0 Å². The number of carbonyl (C=O) groups excluding carboxylic acids is 1. The lowest BCUT2D eigenvalue weighted by Crippen LogP contribution is -2.27. The molecule has 1 saturated heterocycles. The highest BCUT2D eigenvalue weighted by molar-refractivity contribution is 9.10. The fourth-order valence-electron chi connectivity index (χ4n) is 3.40. The maximum Gasteiger partial charge on any atom is 0.246 e. The summed E-state index contributed by atoms with van der Waals surface area (Å²) >= 11 is 3.54. The number of hydrogen-bond acceptors (Lipinski definition) is 4. The van der Waals surface area contributed by atoms with Crippen LogP contribution in [0.4, 0.5) is 4.39 Å². The van der Waals surface area contributed by atoms with Crippen LogP contribution in [0.15, 0.2) is 47.5 Å². The Bertz CT molecular complexity index is 1050. The molecule has 1 fully saturated rings. The Hall–Kier alpha value is -2.74. The predicted octanol–water partition coefficient (Wildman–Crippen LogP) is 3.54. The molecule has 4 rings (SSSR count). The molecule has 8 heteroatoms. The van der Waals surface area contributed by atoms with Crippen molar-refractivity contribution in [3.8, 4) is 17.0 Å². The minimum Gasteiger partial charge on any atom is -0.507 e. The number of alkyl halides is 1. The molecule has 0 unspecified atom stereocenters. The SMILES string of the molecule is C=CC(=O)N1C[C@H](F)[C@H](c2[nH]c3nnc(-c4ccccc4O)cc3c2Br)C1. The van der Waals surface area contributed by atoms with Crippen molar-refractivity contribution in [2.45, 2.75) is 12.1 Å². The van der Waals surface area contributed by atoms with E-state index in [2.05, 4.69) is 37.7 Å². The monoisotopic (exact) mass is 430 g/mol. The molecule has 1 aliphatic heterocycles. The highest BCUT2D eigenvalue weighted by Crippen LogP contribution is 2.38. The topological polar surface area (TPSA) is 82.1 Å². The van der Waals surface area contributed by atoms with Crippen molar-refractivity contribution in [2.75, 3.05) is 13.1 Å². The van der Waals surface area contributed by atoms with E-state index in [0.29, 0.717) is 27.1 Å². The van der Waals surface area contributed by atoms with Gasteiger partial charge in [0.2, 0.25) is 5.91 Å². The van der Waals surface area contributed by atoms with Crippen LogP contribution in [0.1, 0.15) is 11.6 Å². The number of rotatable bonds is 3. The van der Waals surface area contributed by atoms with Gasteiger partial charge in [-0.1, -0.05) is 18.7 Å². The maximum atomic E-state index is 14.6. The summed E-state index contributed by atoms with van der Waals surface area (Å²) in [5.74, 6) is -0.670. The largest absolute Gasteiger partial charge is 0.507 e. The van der Waals surface area contributed by atoms with E-state index in [-0.39, 0.29) is 24.7 Å². The second kappa shape index (κ2) is 6.77. The molecule has 1 aromatic carbocycles. The first kappa shape index (κ1) is 17.7. The Labute approximate surface area is 162 Å². The van der Waals surface area contributed by atoms with E-state index >= 15 is 0 Å². The molecule has 6 nitrogen and oxygen atoms in total. The van der Waals surface area contributed by atoms with Gasteiger partial charge in [0.05, 0.1) is 18.2 Å². The molecule has 3 aromatic rings. The van der Waals surface area contributed by atoms with Crippen molar-refractivity contribution in [1.29, 1.82) is 0 Å². The number of nitrogens with one attached hydrogen (secondary N) is 1. The molecule has 0 spiro atoms. The summed E-state index contributed by atoms with van der Waals surface area (Å²) in [6.45, 7) is 3.75. The zero-order valence-electron chi connectivity index (χ0n) is 14.2.